The first kappa shape index (κ1) is 20.1. The van der Waals surface area contributed by atoms with Gasteiger partial charge in [0.2, 0.25) is 0 Å². The maximum atomic E-state index is 12.5. The van der Waals surface area contributed by atoms with E-state index in [9.17, 15) is 4.79 Å². The third-order valence-electron chi connectivity index (χ3n) is 4.11. The lowest BCUT2D eigenvalue weighted by Gasteiger charge is -2.16. The number of aryl methyl sites for hydroxylation is 1. The van der Waals surface area contributed by atoms with Crippen LogP contribution in [0.1, 0.15) is 29.3 Å². The molecule has 1 N–H and O–H groups in total. The molecular formula is C20H24BrNO4. The van der Waals surface area contributed by atoms with Gasteiger partial charge in [0.05, 0.1) is 21.3 Å². The van der Waals surface area contributed by atoms with Crippen LogP contribution >= 0.6 is 15.9 Å². The number of hydrogen-bond donors (Lipinski definition) is 1. The van der Waals surface area contributed by atoms with Crippen LogP contribution in [0.25, 0.3) is 0 Å². The smallest absolute Gasteiger partial charge is 0.251 e. The molecule has 0 aliphatic heterocycles. The highest BCUT2D eigenvalue weighted by Gasteiger charge is 2.16. The number of hydrogen-bond acceptors (Lipinski definition) is 4. The van der Waals surface area contributed by atoms with Crippen molar-refractivity contribution in [2.24, 2.45) is 0 Å². The molecule has 1 unspecified atom stereocenters. The van der Waals surface area contributed by atoms with Crippen molar-refractivity contribution in [3.8, 4) is 17.2 Å². The molecule has 0 fully saturated rings. The summed E-state index contributed by atoms with van der Waals surface area (Å²) in [5, 5.41) is 3.02. The lowest BCUT2D eigenvalue weighted by atomic mass is 10.1. The van der Waals surface area contributed by atoms with E-state index in [0.717, 1.165) is 18.6 Å². The van der Waals surface area contributed by atoms with E-state index in [1.807, 2.05) is 31.2 Å². The van der Waals surface area contributed by atoms with Gasteiger partial charge in [-0.3, -0.25) is 4.79 Å². The van der Waals surface area contributed by atoms with Gasteiger partial charge in [-0.05, 0) is 65.5 Å². The molecule has 6 heteroatoms. The van der Waals surface area contributed by atoms with Crippen molar-refractivity contribution < 1.29 is 19.0 Å². The van der Waals surface area contributed by atoms with Crippen molar-refractivity contribution >= 4 is 21.8 Å². The van der Waals surface area contributed by atoms with Crippen LogP contribution in [0.2, 0.25) is 0 Å². The van der Waals surface area contributed by atoms with E-state index in [2.05, 4.69) is 21.2 Å². The molecule has 0 heterocycles. The molecule has 1 amide bonds. The Labute approximate surface area is 162 Å². The molecule has 2 rings (SSSR count). The number of amides is 1. The molecular weight excluding hydrogens is 398 g/mol. The molecule has 2 aromatic rings. The number of carbonyl (C=O) groups is 1. The Hall–Kier alpha value is -2.21. The fourth-order valence-electron chi connectivity index (χ4n) is 2.56. The summed E-state index contributed by atoms with van der Waals surface area (Å²) < 4.78 is 16.4. The van der Waals surface area contributed by atoms with Gasteiger partial charge in [0, 0.05) is 11.6 Å². The molecule has 0 radical (unpaired) electrons. The Balaban J connectivity index is 1.97. The van der Waals surface area contributed by atoms with E-state index in [0.29, 0.717) is 21.5 Å². The van der Waals surface area contributed by atoms with E-state index in [4.69, 9.17) is 14.2 Å². The highest BCUT2D eigenvalue weighted by atomic mass is 79.9. The monoisotopic (exact) mass is 421 g/mol. The predicted octanol–water partition coefficient (Wildman–Crippen LogP) is 4.23. The standard InChI is InChI=1S/C20H24BrNO4/c1-13(5-6-14-7-9-16(24-2)10-8-14)22-20(23)15-11-17(25-3)19(21)18(12-15)26-4/h7-13H,5-6H2,1-4H3,(H,22,23). The van der Waals surface area contributed by atoms with Crippen LogP contribution in [0.3, 0.4) is 0 Å². The second-order valence-electron chi connectivity index (χ2n) is 5.96. The normalized spacial score (nSPS) is 11.6. The first-order chi connectivity index (χ1) is 12.5. The largest absolute Gasteiger partial charge is 0.497 e. The van der Waals surface area contributed by atoms with Crippen LogP contribution in [0.5, 0.6) is 17.2 Å². The lowest BCUT2D eigenvalue weighted by Crippen LogP contribution is -2.32. The molecule has 26 heavy (non-hydrogen) atoms. The number of methoxy groups -OCH3 is 3. The van der Waals surface area contributed by atoms with E-state index >= 15 is 0 Å². The maximum Gasteiger partial charge on any atom is 0.251 e. The van der Waals surface area contributed by atoms with Gasteiger partial charge < -0.3 is 19.5 Å². The van der Waals surface area contributed by atoms with Crippen LogP contribution in [0.15, 0.2) is 40.9 Å². The van der Waals surface area contributed by atoms with Gasteiger partial charge in [-0.2, -0.15) is 0 Å². The zero-order valence-corrected chi connectivity index (χ0v) is 17.1. The zero-order valence-electron chi connectivity index (χ0n) is 15.5. The maximum absolute atomic E-state index is 12.5. The molecule has 0 aliphatic carbocycles. The molecule has 0 bridgehead atoms. The minimum atomic E-state index is -0.156. The molecule has 0 aromatic heterocycles. The molecule has 1 atom stereocenters. The number of ether oxygens (including phenoxy) is 3. The van der Waals surface area contributed by atoms with Crippen LogP contribution in [-0.4, -0.2) is 33.3 Å². The Bertz CT molecular complexity index is 721. The summed E-state index contributed by atoms with van der Waals surface area (Å²) in [7, 11) is 4.76. The Morgan fingerprint density at radius 3 is 2.12 bits per heavy atom. The second-order valence-corrected chi connectivity index (χ2v) is 6.75. The summed E-state index contributed by atoms with van der Waals surface area (Å²) >= 11 is 3.41. The number of benzene rings is 2. The predicted molar refractivity (Wildman–Crippen MR) is 105 cm³/mol. The number of nitrogens with one attached hydrogen (secondary N) is 1. The molecule has 2 aromatic carbocycles. The van der Waals surface area contributed by atoms with Crippen molar-refractivity contribution in [3.05, 3.63) is 52.0 Å². The zero-order chi connectivity index (χ0) is 19.1. The van der Waals surface area contributed by atoms with Crippen LogP contribution in [-0.2, 0) is 6.42 Å². The second kappa shape index (κ2) is 9.48. The lowest BCUT2D eigenvalue weighted by molar-refractivity contribution is 0.0937. The number of carbonyl (C=O) groups excluding carboxylic acids is 1. The van der Waals surface area contributed by atoms with Crippen molar-refractivity contribution in [1.82, 2.24) is 5.32 Å². The molecule has 0 aliphatic rings. The minimum absolute atomic E-state index is 0.0326. The first-order valence-electron chi connectivity index (χ1n) is 8.33. The Kier molecular flexibility index (Phi) is 7.33. The number of rotatable bonds is 8. The first-order valence-corrected chi connectivity index (χ1v) is 9.13. The summed E-state index contributed by atoms with van der Waals surface area (Å²) in [6.07, 6.45) is 1.71. The van der Waals surface area contributed by atoms with Gasteiger partial charge in [0.15, 0.2) is 0 Å². The van der Waals surface area contributed by atoms with Gasteiger partial charge in [0.1, 0.15) is 21.7 Å². The third kappa shape index (κ3) is 5.14. The van der Waals surface area contributed by atoms with Gasteiger partial charge >= 0.3 is 0 Å². The fraction of sp³-hybridized carbons (Fsp3) is 0.350. The van der Waals surface area contributed by atoms with Gasteiger partial charge in [-0.1, -0.05) is 12.1 Å². The summed E-state index contributed by atoms with van der Waals surface area (Å²) in [4.78, 5) is 12.5. The Morgan fingerprint density at radius 2 is 1.62 bits per heavy atom. The van der Waals surface area contributed by atoms with E-state index in [1.165, 1.54) is 5.56 Å². The van der Waals surface area contributed by atoms with Crippen LogP contribution in [0, 0.1) is 0 Å². The molecule has 0 saturated heterocycles. The van der Waals surface area contributed by atoms with Gasteiger partial charge in [0.25, 0.3) is 5.91 Å². The fourth-order valence-corrected chi connectivity index (χ4v) is 3.11. The van der Waals surface area contributed by atoms with Crippen LogP contribution in [0.4, 0.5) is 0 Å². The van der Waals surface area contributed by atoms with Crippen molar-refractivity contribution in [2.75, 3.05) is 21.3 Å². The Morgan fingerprint density at radius 1 is 1.04 bits per heavy atom. The van der Waals surface area contributed by atoms with E-state index in [1.54, 1.807) is 33.5 Å². The summed E-state index contributed by atoms with van der Waals surface area (Å²) in [5.41, 5.74) is 1.71. The highest BCUT2D eigenvalue weighted by molar-refractivity contribution is 9.10. The molecule has 0 saturated carbocycles. The van der Waals surface area contributed by atoms with Crippen molar-refractivity contribution in [1.29, 1.82) is 0 Å². The summed E-state index contributed by atoms with van der Waals surface area (Å²) in [6, 6.07) is 11.4. The highest BCUT2D eigenvalue weighted by Crippen LogP contribution is 2.35. The summed E-state index contributed by atoms with van der Waals surface area (Å²) in [6.45, 7) is 1.99. The SMILES string of the molecule is COc1ccc(CCC(C)NC(=O)c2cc(OC)c(Br)c(OC)c2)cc1. The van der Waals surface area contributed by atoms with Gasteiger partial charge in [-0.15, -0.1) is 0 Å². The molecule has 0 spiro atoms. The molecule has 140 valence electrons. The molecule has 5 nitrogen and oxygen atoms in total. The third-order valence-corrected chi connectivity index (χ3v) is 4.89. The average molecular weight is 422 g/mol. The van der Waals surface area contributed by atoms with Crippen molar-refractivity contribution in [3.63, 3.8) is 0 Å². The van der Waals surface area contributed by atoms with E-state index < -0.39 is 0 Å². The quantitative estimate of drug-likeness (QED) is 0.692. The average Bonchev–Trinajstić information content (AvgIpc) is 2.66. The van der Waals surface area contributed by atoms with Crippen molar-refractivity contribution in [2.45, 2.75) is 25.8 Å². The van der Waals surface area contributed by atoms with Gasteiger partial charge in [-0.25, -0.2) is 0 Å². The number of halogens is 1. The minimum Gasteiger partial charge on any atom is -0.497 e. The topological polar surface area (TPSA) is 56.8 Å². The van der Waals surface area contributed by atoms with Crippen LogP contribution < -0.4 is 19.5 Å². The summed E-state index contributed by atoms with van der Waals surface area (Å²) in [5.74, 6) is 1.80. The van der Waals surface area contributed by atoms with E-state index in [-0.39, 0.29) is 11.9 Å².